The van der Waals surface area contributed by atoms with E-state index in [1.165, 1.54) is 12.1 Å². The van der Waals surface area contributed by atoms with Crippen LogP contribution >= 0.6 is 11.8 Å². The van der Waals surface area contributed by atoms with Gasteiger partial charge < -0.3 is 5.11 Å². The average Bonchev–Trinajstić information content (AvgIpc) is 2.97. The quantitative estimate of drug-likeness (QED) is 0.511. The number of amidine groups is 1. The smallest absolute Gasteiger partial charge is 0.316 e. The fourth-order valence-corrected chi connectivity index (χ4v) is 4.84. The average molecular weight is 370 g/mol. The Balaban J connectivity index is 1.83. The number of nitro groups is 1. The van der Waals surface area contributed by atoms with Crippen LogP contribution in [0.25, 0.3) is 0 Å². The fourth-order valence-electron chi connectivity index (χ4n) is 3.67. The molecule has 0 spiro atoms. The molecule has 26 heavy (non-hydrogen) atoms. The van der Waals surface area contributed by atoms with E-state index in [4.69, 9.17) is 0 Å². The SMILES string of the molecule is Cc1ccccc1N1C[C@@](O)(c2cccc([N+](=O)[O-])c2)[N+]2=C1SCCC2. The topological polar surface area (TPSA) is 69.6 Å². The molecule has 0 aromatic heterocycles. The molecule has 2 aliphatic rings. The number of thioether (sulfide) groups is 1. The number of aliphatic hydroxyl groups is 1. The highest BCUT2D eigenvalue weighted by Crippen LogP contribution is 2.39. The Morgan fingerprint density at radius 2 is 2.08 bits per heavy atom. The number of benzene rings is 2. The Labute approximate surface area is 155 Å². The van der Waals surface area contributed by atoms with Gasteiger partial charge in [-0.2, -0.15) is 0 Å². The lowest BCUT2D eigenvalue weighted by molar-refractivity contribution is -0.656. The molecule has 0 unspecified atom stereocenters. The molecule has 0 amide bonds. The minimum absolute atomic E-state index is 0.00326. The van der Waals surface area contributed by atoms with E-state index in [-0.39, 0.29) is 5.69 Å². The number of para-hydroxylation sites is 1. The highest BCUT2D eigenvalue weighted by molar-refractivity contribution is 8.13. The molecule has 6 nitrogen and oxygen atoms in total. The van der Waals surface area contributed by atoms with E-state index < -0.39 is 10.6 Å². The maximum Gasteiger partial charge on any atom is 0.316 e. The number of nitrogens with zero attached hydrogens (tertiary/aromatic N) is 3. The highest BCUT2D eigenvalue weighted by atomic mass is 32.2. The van der Waals surface area contributed by atoms with Gasteiger partial charge in [-0.25, -0.2) is 9.48 Å². The van der Waals surface area contributed by atoms with Gasteiger partial charge in [0.05, 0.1) is 11.5 Å². The van der Waals surface area contributed by atoms with E-state index in [1.807, 2.05) is 16.7 Å². The first kappa shape index (κ1) is 17.1. The number of anilines is 1. The normalized spacial score (nSPS) is 22.5. The summed E-state index contributed by atoms with van der Waals surface area (Å²) >= 11 is 1.73. The van der Waals surface area contributed by atoms with Gasteiger partial charge in [0, 0.05) is 23.4 Å². The summed E-state index contributed by atoms with van der Waals surface area (Å²) in [6.45, 7) is 3.13. The van der Waals surface area contributed by atoms with Crippen molar-refractivity contribution in [1.29, 1.82) is 0 Å². The summed E-state index contributed by atoms with van der Waals surface area (Å²) in [7, 11) is 0. The lowest BCUT2D eigenvalue weighted by Crippen LogP contribution is -2.41. The second-order valence-corrected chi connectivity index (χ2v) is 7.69. The van der Waals surface area contributed by atoms with Crippen LogP contribution in [0.1, 0.15) is 17.5 Å². The Hall–Kier alpha value is -2.38. The molecule has 2 aromatic rings. The van der Waals surface area contributed by atoms with Crippen molar-refractivity contribution in [2.24, 2.45) is 0 Å². The predicted molar refractivity (Wildman–Crippen MR) is 103 cm³/mol. The molecule has 134 valence electrons. The molecule has 4 rings (SSSR count). The third-order valence-corrected chi connectivity index (χ3v) is 6.16. The predicted octanol–water partition coefficient (Wildman–Crippen LogP) is 3.07. The van der Waals surface area contributed by atoms with E-state index in [2.05, 4.69) is 24.0 Å². The van der Waals surface area contributed by atoms with Crippen molar-refractivity contribution < 1.29 is 14.6 Å². The van der Waals surface area contributed by atoms with Gasteiger partial charge in [0.25, 0.3) is 11.4 Å². The van der Waals surface area contributed by atoms with Crippen LogP contribution in [0.4, 0.5) is 11.4 Å². The first-order chi connectivity index (χ1) is 12.5. The zero-order valence-corrected chi connectivity index (χ0v) is 15.3. The first-order valence-corrected chi connectivity index (χ1v) is 9.57. The minimum Gasteiger partial charge on any atom is -0.346 e. The van der Waals surface area contributed by atoms with Crippen molar-refractivity contribution in [2.45, 2.75) is 19.1 Å². The maximum atomic E-state index is 11.6. The van der Waals surface area contributed by atoms with E-state index in [0.29, 0.717) is 12.1 Å². The lowest BCUT2D eigenvalue weighted by atomic mass is 10.0. The van der Waals surface area contributed by atoms with Crippen molar-refractivity contribution in [3.8, 4) is 0 Å². The van der Waals surface area contributed by atoms with E-state index in [0.717, 1.165) is 35.1 Å². The summed E-state index contributed by atoms with van der Waals surface area (Å²) in [5, 5.41) is 23.8. The summed E-state index contributed by atoms with van der Waals surface area (Å²) in [5.41, 5.74) is 1.47. The van der Waals surface area contributed by atoms with Gasteiger partial charge in [-0.05, 0) is 36.7 Å². The van der Waals surface area contributed by atoms with Gasteiger partial charge in [-0.3, -0.25) is 10.1 Å². The molecule has 2 aliphatic heterocycles. The molecule has 2 heterocycles. The number of hydrogen-bond acceptors (Lipinski definition) is 5. The number of aryl methyl sites for hydroxylation is 1. The third kappa shape index (κ3) is 2.68. The zero-order chi connectivity index (χ0) is 18.3. The Morgan fingerprint density at radius 1 is 1.27 bits per heavy atom. The summed E-state index contributed by atoms with van der Waals surface area (Å²) in [6.07, 6.45) is 0.965. The molecule has 0 bridgehead atoms. The molecule has 0 saturated heterocycles. The van der Waals surface area contributed by atoms with Gasteiger partial charge in [0.1, 0.15) is 5.69 Å². The lowest BCUT2D eigenvalue weighted by Gasteiger charge is -2.24. The molecule has 0 saturated carbocycles. The van der Waals surface area contributed by atoms with Gasteiger partial charge in [0.15, 0.2) is 6.54 Å². The standard InChI is InChI=1S/C19H20N3O3S/c1-14-6-2-3-9-17(14)20-13-19(23,21-10-5-11-26-18(20)21)15-7-4-8-16(12-15)22(24)25/h2-4,6-9,12,23H,5,10-11,13H2,1H3/q+1/t19-/m1/s1. The largest absolute Gasteiger partial charge is 0.346 e. The molecule has 0 radical (unpaired) electrons. The van der Waals surface area contributed by atoms with Crippen LogP contribution in [0.2, 0.25) is 0 Å². The summed E-state index contributed by atoms with van der Waals surface area (Å²) < 4.78 is 1.99. The van der Waals surface area contributed by atoms with Crippen molar-refractivity contribution in [1.82, 2.24) is 0 Å². The monoisotopic (exact) mass is 370 g/mol. The first-order valence-electron chi connectivity index (χ1n) is 8.58. The second-order valence-electron chi connectivity index (χ2n) is 6.63. The van der Waals surface area contributed by atoms with Crippen LogP contribution in [0, 0.1) is 17.0 Å². The molecule has 0 aliphatic carbocycles. The van der Waals surface area contributed by atoms with Gasteiger partial charge in [-0.15, -0.1) is 0 Å². The maximum absolute atomic E-state index is 11.6. The number of rotatable bonds is 3. The zero-order valence-electron chi connectivity index (χ0n) is 14.5. The van der Waals surface area contributed by atoms with Crippen LogP contribution in [-0.4, -0.2) is 38.6 Å². The van der Waals surface area contributed by atoms with Gasteiger partial charge >= 0.3 is 5.17 Å². The van der Waals surface area contributed by atoms with E-state index in [9.17, 15) is 15.2 Å². The number of β-amino-alcohol motifs (C(OH)–C–C–N with tert-alkyl or cyclic N) is 1. The molecular weight excluding hydrogens is 350 g/mol. The molecule has 7 heteroatoms. The Morgan fingerprint density at radius 3 is 2.85 bits per heavy atom. The van der Waals surface area contributed by atoms with Crippen LogP contribution in [0.3, 0.4) is 0 Å². The molecule has 0 fully saturated rings. The van der Waals surface area contributed by atoms with Crippen LogP contribution in [0.15, 0.2) is 48.5 Å². The van der Waals surface area contributed by atoms with Crippen molar-refractivity contribution in [2.75, 3.05) is 23.7 Å². The van der Waals surface area contributed by atoms with Crippen LogP contribution in [-0.2, 0) is 5.72 Å². The van der Waals surface area contributed by atoms with E-state index in [1.54, 1.807) is 23.9 Å². The van der Waals surface area contributed by atoms with Crippen LogP contribution in [0.5, 0.6) is 0 Å². The van der Waals surface area contributed by atoms with E-state index >= 15 is 0 Å². The fraction of sp³-hybridized carbons (Fsp3) is 0.316. The number of nitro benzene ring substituents is 1. The van der Waals surface area contributed by atoms with Crippen LogP contribution < -0.4 is 4.90 Å². The molecule has 2 aromatic carbocycles. The second kappa shape index (κ2) is 6.41. The summed E-state index contributed by atoms with van der Waals surface area (Å²) in [4.78, 5) is 12.9. The summed E-state index contributed by atoms with van der Waals surface area (Å²) in [5.74, 6) is 0.999. The summed E-state index contributed by atoms with van der Waals surface area (Å²) in [6, 6.07) is 14.4. The van der Waals surface area contributed by atoms with Gasteiger partial charge in [0.2, 0.25) is 0 Å². The number of hydrogen-bond donors (Lipinski definition) is 1. The molecular formula is C19H20N3O3S+. The Kier molecular flexibility index (Phi) is 4.20. The highest BCUT2D eigenvalue weighted by Gasteiger charge is 2.53. The van der Waals surface area contributed by atoms with Crippen molar-refractivity contribution in [3.63, 3.8) is 0 Å². The molecule has 1 atom stereocenters. The third-order valence-electron chi connectivity index (χ3n) is 4.97. The Bertz CT molecular complexity index is 914. The molecule has 1 N–H and O–H groups in total. The van der Waals surface area contributed by atoms with Gasteiger partial charge in [-0.1, -0.05) is 30.3 Å². The van der Waals surface area contributed by atoms with Crippen molar-refractivity contribution >= 4 is 28.3 Å². The number of non-ortho nitro benzene ring substituents is 1. The minimum atomic E-state index is -1.28. The van der Waals surface area contributed by atoms with Crippen molar-refractivity contribution in [3.05, 3.63) is 69.8 Å².